The van der Waals surface area contributed by atoms with Crippen molar-refractivity contribution >= 4 is 28.3 Å². The zero-order chi connectivity index (χ0) is 12.4. The Morgan fingerprint density at radius 1 is 1.53 bits per heavy atom. The van der Waals surface area contributed by atoms with Gasteiger partial charge in [-0.05, 0) is 19.8 Å². The van der Waals surface area contributed by atoms with Crippen LogP contribution in [0.25, 0.3) is 0 Å². The Kier molecular flexibility index (Phi) is 3.42. The SMILES string of the molecule is CC(=O)N[C@H](C)C(=O)Nc1nc(C2CC2)cs1. The molecule has 0 saturated heterocycles. The molecule has 0 aliphatic heterocycles. The van der Waals surface area contributed by atoms with Crippen LogP contribution in [0, 0.1) is 0 Å². The summed E-state index contributed by atoms with van der Waals surface area (Å²) < 4.78 is 0. The van der Waals surface area contributed by atoms with Gasteiger partial charge in [-0.25, -0.2) is 4.98 Å². The number of nitrogens with one attached hydrogen (secondary N) is 2. The molecule has 5 nitrogen and oxygen atoms in total. The second-order valence-electron chi connectivity index (χ2n) is 4.26. The summed E-state index contributed by atoms with van der Waals surface area (Å²) in [5, 5.41) is 7.82. The zero-order valence-electron chi connectivity index (χ0n) is 9.82. The van der Waals surface area contributed by atoms with Crippen LogP contribution in [0.3, 0.4) is 0 Å². The Labute approximate surface area is 104 Å². The van der Waals surface area contributed by atoms with E-state index in [4.69, 9.17) is 0 Å². The fourth-order valence-corrected chi connectivity index (χ4v) is 2.29. The summed E-state index contributed by atoms with van der Waals surface area (Å²) in [6.07, 6.45) is 2.39. The van der Waals surface area contributed by atoms with Gasteiger partial charge in [0.05, 0.1) is 5.69 Å². The molecular formula is C11H15N3O2S. The monoisotopic (exact) mass is 253 g/mol. The van der Waals surface area contributed by atoms with Crippen LogP contribution in [0.2, 0.25) is 0 Å². The minimum Gasteiger partial charge on any atom is -0.345 e. The number of thiazole rings is 1. The summed E-state index contributed by atoms with van der Waals surface area (Å²) in [5.41, 5.74) is 1.07. The second kappa shape index (κ2) is 4.83. The summed E-state index contributed by atoms with van der Waals surface area (Å²) >= 11 is 1.43. The lowest BCUT2D eigenvalue weighted by molar-refractivity contribution is -0.124. The first-order chi connectivity index (χ1) is 8.06. The number of aromatic nitrogens is 1. The molecular weight excluding hydrogens is 238 g/mol. The van der Waals surface area contributed by atoms with Crippen molar-refractivity contribution in [3.05, 3.63) is 11.1 Å². The Bertz CT molecular complexity index is 440. The Hall–Kier alpha value is -1.43. The molecule has 1 aliphatic rings. The highest BCUT2D eigenvalue weighted by Gasteiger charge is 2.26. The normalized spacial score (nSPS) is 16.4. The molecule has 1 fully saturated rings. The van der Waals surface area contributed by atoms with E-state index in [1.807, 2.05) is 5.38 Å². The first-order valence-electron chi connectivity index (χ1n) is 5.59. The molecule has 92 valence electrons. The highest BCUT2D eigenvalue weighted by Crippen LogP contribution is 2.40. The van der Waals surface area contributed by atoms with Crippen molar-refractivity contribution in [2.45, 2.75) is 38.6 Å². The van der Waals surface area contributed by atoms with Gasteiger partial charge in [-0.3, -0.25) is 9.59 Å². The van der Waals surface area contributed by atoms with Crippen LogP contribution in [0.5, 0.6) is 0 Å². The Balaban J connectivity index is 1.90. The van der Waals surface area contributed by atoms with Gasteiger partial charge in [0.25, 0.3) is 0 Å². The highest BCUT2D eigenvalue weighted by atomic mass is 32.1. The van der Waals surface area contributed by atoms with Crippen molar-refractivity contribution in [3.8, 4) is 0 Å². The van der Waals surface area contributed by atoms with Crippen LogP contribution in [-0.4, -0.2) is 22.8 Å². The third kappa shape index (κ3) is 3.26. The predicted octanol–water partition coefficient (Wildman–Crippen LogP) is 1.48. The van der Waals surface area contributed by atoms with E-state index in [2.05, 4.69) is 15.6 Å². The van der Waals surface area contributed by atoms with Crippen molar-refractivity contribution in [1.82, 2.24) is 10.3 Å². The second-order valence-corrected chi connectivity index (χ2v) is 5.12. The lowest BCUT2D eigenvalue weighted by Crippen LogP contribution is -2.40. The molecule has 0 unspecified atom stereocenters. The molecule has 17 heavy (non-hydrogen) atoms. The van der Waals surface area contributed by atoms with Crippen LogP contribution in [-0.2, 0) is 9.59 Å². The molecule has 6 heteroatoms. The molecule has 1 aromatic rings. The molecule has 0 spiro atoms. The van der Waals surface area contributed by atoms with Gasteiger partial charge in [-0.15, -0.1) is 11.3 Å². The van der Waals surface area contributed by atoms with Crippen molar-refractivity contribution < 1.29 is 9.59 Å². The van der Waals surface area contributed by atoms with E-state index in [1.54, 1.807) is 6.92 Å². The number of nitrogens with zero attached hydrogens (tertiary/aromatic N) is 1. The fourth-order valence-electron chi connectivity index (χ4n) is 1.49. The Morgan fingerprint density at radius 2 is 2.24 bits per heavy atom. The van der Waals surface area contributed by atoms with Crippen LogP contribution >= 0.6 is 11.3 Å². The average Bonchev–Trinajstić information content (AvgIpc) is 2.99. The number of anilines is 1. The number of hydrogen-bond acceptors (Lipinski definition) is 4. The van der Waals surface area contributed by atoms with E-state index in [9.17, 15) is 9.59 Å². The number of carbonyl (C=O) groups excluding carboxylic acids is 2. The molecule has 2 N–H and O–H groups in total. The summed E-state index contributed by atoms with van der Waals surface area (Å²) in [6.45, 7) is 3.03. The van der Waals surface area contributed by atoms with Crippen molar-refractivity contribution in [3.63, 3.8) is 0 Å². The number of hydrogen-bond donors (Lipinski definition) is 2. The molecule has 1 heterocycles. The minimum absolute atomic E-state index is 0.217. The van der Waals surface area contributed by atoms with Crippen LogP contribution in [0.4, 0.5) is 5.13 Å². The van der Waals surface area contributed by atoms with Crippen molar-refractivity contribution in [2.24, 2.45) is 0 Å². The summed E-state index contributed by atoms with van der Waals surface area (Å²) in [7, 11) is 0. The van der Waals surface area contributed by atoms with E-state index < -0.39 is 6.04 Å². The van der Waals surface area contributed by atoms with Crippen molar-refractivity contribution in [1.29, 1.82) is 0 Å². The third-order valence-electron chi connectivity index (χ3n) is 2.56. The van der Waals surface area contributed by atoms with E-state index in [-0.39, 0.29) is 11.8 Å². The van der Waals surface area contributed by atoms with Gasteiger partial charge in [-0.2, -0.15) is 0 Å². The summed E-state index contributed by atoms with van der Waals surface area (Å²) in [4.78, 5) is 26.8. The van der Waals surface area contributed by atoms with Gasteiger partial charge < -0.3 is 10.6 Å². The molecule has 0 bridgehead atoms. The number of carbonyl (C=O) groups is 2. The first kappa shape index (κ1) is 12.0. The van der Waals surface area contributed by atoms with Crippen LogP contribution in [0.1, 0.15) is 38.3 Å². The summed E-state index contributed by atoms with van der Waals surface area (Å²) in [6, 6.07) is -0.541. The average molecular weight is 253 g/mol. The molecule has 1 aliphatic carbocycles. The van der Waals surface area contributed by atoms with Gasteiger partial charge in [0.2, 0.25) is 11.8 Å². The number of rotatable bonds is 4. The standard InChI is InChI=1S/C11H15N3O2S/c1-6(12-7(2)15)10(16)14-11-13-9(5-17-11)8-3-4-8/h5-6,8H,3-4H2,1-2H3,(H,12,15)(H,13,14,16)/t6-/m1/s1. The molecule has 2 amide bonds. The minimum atomic E-state index is -0.541. The molecule has 1 saturated carbocycles. The van der Waals surface area contributed by atoms with Gasteiger partial charge in [-0.1, -0.05) is 0 Å². The molecule has 1 aromatic heterocycles. The Morgan fingerprint density at radius 3 is 2.82 bits per heavy atom. The van der Waals surface area contributed by atoms with Gasteiger partial charge in [0.15, 0.2) is 5.13 Å². The van der Waals surface area contributed by atoms with Crippen molar-refractivity contribution in [2.75, 3.05) is 5.32 Å². The molecule has 1 atom stereocenters. The van der Waals surface area contributed by atoms with E-state index in [0.717, 1.165) is 5.69 Å². The maximum absolute atomic E-state index is 11.7. The third-order valence-corrected chi connectivity index (χ3v) is 3.34. The topological polar surface area (TPSA) is 71.1 Å². The molecule has 2 rings (SSSR count). The van der Waals surface area contributed by atoms with E-state index in [1.165, 1.54) is 31.1 Å². The molecule has 0 radical (unpaired) electrons. The van der Waals surface area contributed by atoms with Gasteiger partial charge >= 0.3 is 0 Å². The molecule has 0 aromatic carbocycles. The largest absolute Gasteiger partial charge is 0.345 e. The van der Waals surface area contributed by atoms with Crippen LogP contribution in [0.15, 0.2) is 5.38 Å². The van der Waals surface area contributed by atoms with E-state index >= 15 is 0 Å². The fraction of sp³-hybridized carbons (Fsp3) is 0.545. The summed E-state index contributed by atoms with van der Waals surface area (Å²) in [5.74, 6) is 0.132. The maximum atomic E-state index is 11.7. The van der Waals surface area contributed by atoms with Gasteiger partial charge in [0, 0.05) is 18.2 Å². The maximum Gasteiger partial charge on any atom is 0.248 e. The predicted molar refractivity (Wildman–Crippen MR) is 66.0 cm³/mol. The lowest BCUT2D eigenvalue weighted by Gasteiger charge is -2.10. The highest BCUT2D eigenvalue weighted by molar-refractivity contribution is 7.13. The quantitative estimate of drug-likeness (QED) is 0.854. The van der Waals surface area contributed by atoms with E-state index in [0.29, 0.717) is 11.0 Å². The zero-order valence-corrected chi connectivity index (χ0v) is 10.6. The first-order valence-corrected chi connectivity index (χ1v) is 6.47. The number of amides is 2. The van der Waals surface area contributed by atoms with Gasteiger partial charge in [0.1, 0.15) is 6.04 Å². The van der Waals surface area contributed by atoms with Crippen LogP contribution < -0.4 is 10.6 Å². The smallest absolute Gasteiger partial charge is 0.248 e. The lowest BCUT2D eigenvalue weighted by atomic mass is 10.3.